The molecule has 0 bridgehead atoms. The van der Waals surface area contributed by atoms with Gasteiger partial charge in [0.1, 0.15) is 9.98 Å². The molecule has 222 valence electrons. The van der Waals surface area contributed by atoms with Gasteiger partial charge in [0.25, 0.3) is 3.79 Å². The molecule has 0 fully saturated rings. The van der Waals surface area contributed by atoms with Gasteiger partial charge in [-0.05, 0) is 37.1 Å². The van der Waals surface area contributed by atoms with Crippen LogP contribution < -0.4 is 22.9 Å². The zero-order chi connectivity index (χ0) is 31.9. The van der Waals surface area contributed by atoms with Gasteiger partial charge in [-0.25, -0.2) is 0 Å². The fourth-order valence-electron chi connectivity index (χ4n) is 1.29. The molecule has 0 aromatic heterocycles. The molecule has 0 atom stereocenters. The van der Waals surface area contributed by atoms with E-state index in [1.54, 1.807) is 0 Å². The van der Waals surface area contributed by atoms with Gasteiger partial charge >= 0.3 is 0 Å². The van der Waals surface area contributed by atoms with E-state index >= 15 is 0 Å². The Balaban J connectivity index is -0.0000000827. The Hall–Kier alpha value is -1.84. The predicted molar refractivity (Wildman–Crippen MR) is 185 cm³/mol. The zero-order valence-corrected chi connectivity index (χ0v) is 28.7. The Morgan fingerprint density at radius 3 is 1.00 bits per heavy atom. The molecule has 6 nitrogen and oxygen atoms in total. The van der Waals surface area contributed by atoms with Gasteiger partial charge in [-0.3, -0.25) is 5.41 Å². The van der Waals surface area contributed by atoms with Crippen LogP contribution in [0.5, 0.6) is 0 Å². The number of para-hydroxylation sites is 2. The lowest BCUT2D eigenvalue weighted by Crippen LogP contribution is -2.26. The van der Waals surface area contributed by atoms with Crippen LogP contribution in [0.2, 0.25) is 0 Å². The van der Waals surface area contributed by atoms with Gasteiger partial charge in [-0.15, -0.1) is 0 Å². The third-order valence-electron chi connectivity index (χ3n) is 3.08. The summed E-state index contributed by atoms with van der Waals surface area (Å²) < 4.78 is 2.59. The van der Waals surface area contributed by atoms with Crippen molar-refractivity contribution in [1.82, 2.24) is 0 Å². The number of rotatable bonds is 0. The average Bonchev–Trinajstić information content (AvgIpc) is 2.92. The normalized spacial score (nSPS) is 7.95. The highest BCUT2D eigenvalue weighted by Crippen LogP contribution is 2.27. The largest absolute Gasteiger partial charge is 0.481 e. The monoisotopic (exact) mass is 629 g/mol. The molecule has 0 saturated heterocycles. The molecule has 0 unspecified atom stereocenters. The maximum atomic E-state index is 6.77. The van der Waals surface area contributed by atoms with Crippen molar-refractivity contribution in [2.24, 2.45) is 11.5 Å². The Morgan fingerprint density at radius 1 is 0.684 bits per heavy atom. The van der Waals surface area contributed by atoms with Gasteiger partial charge in [0, 0.05) is 11.4 Å². The fraction of sp³-hybridized carbons (Fsp3) is 0.444. The minimum atomic E-state index is -1.71. The van der Waals surface area contributed by atoms with Gasteiger partial charge in [-0.2, -0.15) is 0 Å². The molecule has 0 saturated carbocycles. The number of halogens is 3. The summed E-state index contributed by atoms with van der Waals surface area (Å²) in [5, 5.41) is 6.77. The van der Waals surface area contributed by atoms with Crippen LogP contribution in [-0.2, 0) is 4.74 Å². The molecule has 0 radical (unpaired) electrons. The van der Waals surface area contributed by atoms with Gasteiger partial charge in [-0.1, -0.05) is 151 Å². The third-order valence-corrected chi connectivity index (χ3v) is 4.17. The number of aryl methyl sites for hydroxylation is 2. The number of hydrogen-bond donors (Lipinski definition) is 5. The first kappa shape index (κ1) is 49.1. The molecule has 0 heterocycles. The highest BCUT2D eigenvalue weighted by Gasteiger charge is 2.27. The first-order valence-corrected chi connectivity index (χ1v) is 14.1. The van der Waals surface area contributed by atoms with Crippen molar-refractivity contribution in [3.05, 3.63) is 59.7 Å². The van der Waals surface area contributed by atoms with E-state index in [4.69, 9.17) is 63.1 Å². The van der Waals surface area contributed by atoms with Crippen LogP contribution in [0.25, 0.3) is 0 Å². The van der Waals surface area contributed by atoms with Crippen molar-refractivity contribution in [3.8, 4) is 0 Å². The van der Waals surface area contributed by atoms with E-state index in [2.05, 4.69) is 29.2 Å². The summed E-state index contributed by atoms with van der Waals surface area (Å²) in [5.74, 6) is -0.373. The molecule has 0 amide bonds. The molecule has 2 rings (SSSR count). The minimum absolute atomic E-state index is 0.102. The number of anilines is 2. The van der Waals surface area contributed by atoms with E-state index in [0.717, 1.165) is 22.5 Å². The molecule has 38 heavy (non-hydrogen) atoms. The second kappa shape index (κ2) is 35.2. The summed E-state index contributed by atoms with van der Waals surface area (Å²) >= 11 is 24.2. The molecule has 0 aliphatic heterocycles. The van der Waals surface area contributed by atoms with Crippen LogP contribution in [0.3, 0.4) is 0 Å². The SMILES string of the molecule is CC.CC.CC.CC.COC(=N)C(Cl)(Cl)Cl.Cc1ccccc1N.Cc1ccccc1N.NC(=S)C(N)=S. The second-order valence-electron chi connectivity index (χ2n) is 5.47. The highest BCUT2D eigenvalue weighted by atomic mass is 35.6. The number of nitrogen functional groups attached to an aromatic ring is 2. The molecule has 9 N–H and O–H groups in total. The summed E-state index contributed by atoms with van der Waals surface area (Å²) in [7, 11) is 1.27. The van der Waals surface area contributed by atoms with E-state index in [0.29, 0.717) is 0 Å². The van der Waals surface area contributed by atoms with E-state index in [9.17, 15) is 0 Å². The van der Waals surface area contributed by atoms with Gasteiger partial charge in [0.05, 0.1) is 7.11 Å². The second-order valence-corrected chi connectivity index (χ2v) is 8.63. The molecular formula is C27H50Cl3N5OS2. The lowest BCUT2D eigenvalue weighted by atomic mass is 10.2. The number of methoxy groups -OCH3 is 1. The molecular weight excluding hydrogens is 581 g/mol. The summed E-state index contributed by atoms with van der Waals surface area (Å²) in [6, 6.07) is 15.6. The standard InChI is InChI=1S/2C7H9N.C3H4Cl3NO.C2H4N2S2.4C2H6/c2*1-6-4-2-3-5-7(6)8;1-8-2(7)3(4,5)6;3-1(5)2(4)6;4*1-2/h2*2-5H,8H2,1H3;7H,1H3;(H2,3,5)(H2,4,6);4*1-2H3. The van der Waals surface area contributed by atoms with Crippen LogP contribution in [0.4, 0.5) is 11.4 Å². The molecule has 0 spiro atoms. The first-order chi connectivity index (χ1) is 17.7. The Kier molecular flexibility index (Phi) is 45.5. The van der Waals surface area contributed by atoms with Crippen molar-refractivity contribution in [1.29, 1.82) is 5.41 Å². The summed E-state index contributed by atoms with van der Waals surface area (Å²) in [6.07, 6.45) is 0. The smallest absolute Gasteiger partial charge is 0.265 e. The highest BCUT2D eigenvalue weighted by molar-refractivity contribution is 7.89. The predicted octanol–water partition coefficient (Wildman–Crippen LogP) is 8.80. The topological polar surface area (TPSA) is 137 Å². The number of hydrogen-bond acceptors (Lipinski definition) is 6. The number of ether oxygens (including phenoxy) is 1. The molecule has 0 aliphatic carbocycles. The van der Waals surface area contributed by atoms with Gasteiger partial charge in [0.2, 0.25) is 5.90 Å². The van der Waals surface area contributed by atoms with Gasteiger partial charge < -0.3 is 27.7 Å². The molecule has 11 heteroatoms. The van der Waals surface area contributed by atoms with Crippen LogP contribution in [0.15, 0.2) is 48.5 Å². The van der Waals surface area contributed by atoms with E-state index in [1.165, 1.54) is 7.11 Å². The Labute approximate surface area is 258 Å². The van der Waals surface area contributed by atoms with Crippen molar-refractivity contribution in [3.63, 3.8) is 0 Å². The lowest BCUT2D eigenvalue weighted by molar-refractivity contribution is 0.391. The van der Waals surface area contributed by atoms with Crippen molar-refractivity contribution in [2.75, 3.05) is 18.6 Å². The Morgan fingerprint density at radius 2 is 0.921 bits per heavy atom. The Bertz CT molecular complexity index is 737. The minimum Gasteiger partial charge on any atom is -0.481 e. The maximum absolute atomic E-state index is 6.77. The summed E-state index contributed by atoms with van der Waals surface area (Å²) in [6.45, 7) is 20.0. The summed E-state index contributed by atoms with van der Waals surface area (Å²) in [5.41, 5.74) is 24.9. The third kappa shape index (κ3) is 36.3. The maximum Gasteiger partial charge on any atom is 0.265 e. The van der Waals surface area contributed by atoms with Crippen LogP contribution in [-0.4, -0.2) is 26.8 Å². The van der Waals surface area contributed by atoms with E-state index < -0.39 is 3.79 Å². The number of alkyl halides is 3. The number of nitrogens with one attached hydrogen (secondary N) is 1. The number of thiocarbonyl (C=S) groups is 2. The van der Waals surface area contributed by atoms with Crippen molar-refractivity contribution in [2.45, 2.75) is 73.0 Å². The molecule has 2 aromatic carbocycles. The van der Waals surface area contributed by atoms with E-state index in [1.807, 2.05) is 118 Å². The fourth-order valence-corrected chi connectivity index (χ4v) is 1.52. The van der Waals surface area contributed by atoms with Crippen LogP contribution in [0.1, 0.15) is 66.5 Å². The van der Waals surface area contributed by atoms with E-state index in [-0.39, 0.29) is 15.9 Å². The number of benzene rings is 2. The lowest BCUT2D eigenvalue weighted by Gasteiger charge is -2.08. The molecule has 2 aromatic rings. The summed E-state index contributed by atoms with van der Waals surface area (Å²) in [4.78, 5) is 0.204. The van der Waals surface area contributed by atoms with Crippen LogP contribution >= 0.6 is 59.2 Å². The van der Waals surface area contributed by atoms with Crippen molar-refractivity contribution < 1.29 is 4.74 Å². The molecule has 0 aliphatic rings. The van der Waals surface area contributed by atoms with Crippen LogP contribution in [0, 0.1) is 19.3 Å². The van der Waals surface area contributed by atoms with Crippen molar-refractivity contribution >= 4 is 86.5 Å². The first-order valence-electron chi connectivity index (χ1n) is 12.1. The average molecular weight is 631 g/mol. The number of nitrogens with two attached hydrogens (primary N) is 4. The van der Waals surface area contributed by atoms with Gasteiger partial charge in [0.15, 0.2) is 0 Å². The zero-order valence-electron chi connectivity index (χ0n) is 24.8. The quantitative estimate of drug-likeness (QED) is 0.0645.